The molecule has 2 aromatic heterocycles. The first-order valence-electron chi connectivity index (χ1n) is 8.96. The molecule has 2 heterocycles. The summed E-state index contributed by atoms with van der Waals surface area (Å²) in [5.74, 6) is 1.77. The maximum atomic E-state index is 13.3. The van der Waals surface area contributed by atoms with Crippen molar-refractivity contribution in [3.05, 3.63) is 68.7 Å². The van der Waals surface area contributed by atoms with E-state index < -0.39 is 0 Å². The molecule has 0 saturated heterocycles. The Bertz CT molecular complexity index is 857. The van der Waals surface area contributed by atoms with Gasteiger partial charge in [0, 0.05) is 10.4 Å². The van der Waals surface area contributed by atoms with E-state index in [4.69, 9.17) is 13.9 Å². The van der Waals surface area contributed by atoms with Crippen molar-refractivity contribution < 1.29 is 18.7 Å². The van der Waals surface area contributed by atoms with E-state index in [9.17, 15) is 4.79 Å². The largest absolute Gasteiger partial charge is 0.493 e. The molecule has 0 unspecified atom stereocenters. The molecule has 0 atom stereocenters. The fraction of sp³-hybridized carbons (Fsp3) is 0.286. The number of halogens is 1. The first-order chi connectivity index (χ1) is 13.6. The summed E-state index contributed by atoms with van der Waals surface area (Å²) in [4.78, 5) is 16.2. The summed E-state index contributed by atoms with van der Waals surface area (Å²) in [6.07, 6.45) is 2.50. The molecule has 0 aliphatic heterocycles. The Balaban J connectivity index is 1.89. The normalized spacial score (nSPS) is 10.7. The molecule has 3 rings (SSSR count). The highest BCUT2D eigenvalue weighted by atomic mass is 79.9. The lowest BCUT2D eigenvalue weighted by molar-refractivity contribution is 0.0719. The van der Waals surface area contributed by atoms with Crippen LogP contribution in [0.1, 0.15) is 34.3 Å². The number of furan rings is 1. The SMILES string of the molecule is CCCOc1c(Br)cc(C(=O)N(Cc2ccco2)Cc2cccs2)cc1OC. The van der Waals surface area contributed by atoms with Gasteiger partial charge in [0.1, 0.15) is 5.76 Å². The molecule has 28 heavy (non-hydrogen) atoms. The zero-order valence-corrected chi connectivity index (χ0v) is 18.2. The number of amides is 1. The molecule has 1 amide bonds. The lowest BCUT2D eigenvalue weighted by Crippen LogP contribution is -2.29. The molecule has 5 nitrogen and oxygen atoms in total. The summed E-state index contributed by atoms with van der Waals surface area (Å²) in [6, 6.07) is 11.2. The van der Waals surface area contributed by atoms with Gasteiger partial charge in [0.2, 0.25) is 0 Å². The maximum Gasteiger partial charge on any atom is 0.254 e. The van der Waals surface area contributed by atoms with Crippen LogP contribution in [0.25, 0.3) is 0 Å². The van der Waals surface area contributed by atoms with Crippen molar-refractivity contribution in [1.29, 1.82) is 0 Å². The molecule has 148 valence electrons. The van der Waals surface area contributed by atoms with Crippen LogP contribution in [-0.4, -0.2) is 24.5 Å². The minimum Gasteiger partial charge on any atom is -0.493 e. The third kappa shape index (κ3) is 4.97. The minimum atomic E-state index is -0.106. The van der Waals surface area contributed by atoms with Crippen molar-refractivity contribution in [3.63, 3.8) is 0 Å². The summed E-state index contributed by atoms with van der Waals surface area (Å²) in [7, 11) is 1.57. The molecule has 0 fully saturated rings. The number of ether oxygens (including phenoxy) is 2. The van der Waals surface area contributed by atoms with Crippen LogP contribution in [0.4, 0.5) is 0 Å². The third-order valence-corrected chi connectivity index (χ3v) is 5.52. The summed E-state index contributed by atoms with van der Waals surface area (Å²) in [6.45, 7) is 3.50. The molecule has 0 radical (unpaired) electrons. The van der Waals surface area contributed by atoms with Crippen LogP contribution >= 0.6 is 27.3 Å². The number of thiophene rings is 1. The van der Waals surface area contributed by atoms with Gasteiger partial charge in [-0.2, -0.15) is 0 Å². The average Bonchev–Trinajstić information content (AvgIpc) is 3.39. The number of rotatable bonds is 9. The van der Waals surface area contributed by atoms with Gasteiger partial charge in [-0.15, -0.1) is 11.3 Å². The average molecular weight is 464 g/mol. The second kappa shape index (κ2) is 9.80. The van der Waals surface area contributed by atoms with Crippen molar-refractivity contribution in [2.45, 2.75) is 26.4 Å². The quantitative estimate of drug-likeness (QED) is 0.405. The van der Waals surface area contributed by atoms with E-state index in [2.05, 4.69) is 15.9 Å². The summed E-state index contributed by atoms with van der Waals surface area (Å²) >= 11 is 5.14. The van der Waals surface area contributed by atoms with E-state index in [1.165, 1.54) is 0 Å². The highest BCUT2D eigenvalue weighted by Crippen LogP contribution is 2.37. The molecule has 0 saturated carbocycles. The summed E-state index contributed by atoms with van der Waals surface area (Å²) < 4.78 is 17.4. The topological polar surface area (TPSA) is 51.9 Å². The van der Waals surface area contributed by atoms with E-state index >= 15 is 0 Å². The van der Waals surface area contributed by atoms with Crippen LogP contribution in [0.2, 0.25) is 0 Å². The van der Waals surface area contributed by atoms with Crippen molar-refractivity contribution >= 4 is 33.2 Å². The number of hydrogen-bond donors (Lipinski definition) is 0. The highest BCUT2D eigenvalue weighted by molar-refractivity contribution is 9.10. The van der Waals surface area contributed by atoms with Crippen molar-refractivity contribution in [2.24, 2.45) is 0 Å². The molecular formula is C21H22BrNO4S. The van der Waals surface area contributed by atoms with Gasteiger partial charge in [0.25, 0.3) is 5.91 Å². The molecule has 0 spiro atoms. The Morgan fingerprint density at radius 3 is 2.75 bits per heavy atom. The van der Waals surface area contributed by atoms with Crippen LogP contribution in [0.5, 0.6) is 11.5 Å². The Hall–Kier alpha value is -2.25. The second-order valence-electron chi connectivity index (χ2n) is 6.16. The van der Waals surface area contributed by atoms with E-state index in [1.54, 1.807) is 41.7 Å². The van der Waals surface area contributed by atoms with Crippen molar-refractivity contribution in [1.82, 2.24) is 4.90 Å². The number of carbonyl (C=O) groups excluding carboxylic acids is 1. The van der Waals surface area contributed by atoms with E-state index in [-0.39, 0.29) is 5.91 Å². The molecule has 0 aliphatic rings. The lowest BCUT2D eigenvalue weighted by Gasteiger charge is -2.22. The van der Waals surface area contributed by atoms with Crippen LogP contribution in [0.15, 0.2) is 56.9 Å². The van der Waals surface area contributed by atoms with E-state index in [0.29, 0.717) is 41.2 Å². The fourth-order valence-electron chi connectivity index (χ4n) is 2.75. The molecule has 3 aromatic rings. The molecule has 0 aliphatic carbocycles. The van der Waals surface area contributed by atoms with Gasteiger partial charge < -0.3 is 18.8 Å². The Morgan fingerprint density at radius 1 is 1.25 bits per heavy atom. The van der Waals surface area contributed by atoms with Crippen molar-refractivity contribution in [2.75, 3.05) is 13.7 Å². The van der Waals surface area contributed by atoms with Gasteiger partial charge in [0.15, 0.2) is 11.5 Å². The Kier molecular flexibility index (Phi) is 7.17. The van der Waals surface area contributed by atoms with E-state index in [1.807, 2.05) is 36.6 Å². The molecule has 1 aromatic carbocycles. The van der Waals surface area contributed by atoms with Crippen LogP contribution < -0.4 is 9.47 Å². The van der Waals surface area contributed by atoms with Gasteiger partial charge in [0.05, 0.1) is 37.5 Å². The zero-order chi connectivity index (χ0) is 19.9. The summed E-state index contributed by atoms with van der Waals surface area (Å²) in [5.41, 5.74) is 0.524. The molecule has 0 N–H and O–H groups in total. The maximum absolute atomic E-state index is 13.3. The highest BCUT2D eigenvalue weighted by Gasteiger charge is 2.22. The molecular weight excluding hydrogens is 442 g/mol. The Morgan fingerprint density at radius 2 is 2.11 bits per heavy atom. The molecule has 0 bridgehead atoms. The number of methoxy groups -OCH3 is 1. The number of benzene rings is 1. The smallest absolute Gasteiger partial charge is 0.254 e. The van der Waals surface area contributed by atoms with Gasteiger partial charge in [-0.1, -0.05) is 13.0 Å². The van der Waals surface area contributed by atoms with Crippen LogP contribution in [-0.2, 0) is 13.1 Å². The zero-order valence-electron chi connectivity index (χ0n) is 15.8. The van der Waals surface area contributed by atoms with Gasteiger partial charge >= 0.3 is 0 Å². The fourth-order valence-corrected chi connectivity index (χ4v) is 4.03. The summed E-state index contributed by atoms with van der Waals surface area (Å²) in [5, 5.41) is 2.00. The first-order valence-corrected chi connectivity index (χ1v) is 10.6. The van der Waals surface area contributed by atoms with Crippen molar-refractivity contribution in [3.8, 4) is 11.5 Å². The standard InChI is InChI=1S/C21H22BrNO4S/c1-3-8-27-20-18(22)11-15(12-19(20)25-2)21(24)23(13-16-6-4-9-26-16)14-17-7-5-10-28-17/h4-7,9-12H,3,8,13-14H2,1-2H3. The van der Waals surface area contributed by atoms with Crippen LogP contribution in [0, 0.1) is 0 Å². The van der Waals surface area contributed by atoms with Crippen LogP contribution in [0.3, 0.4) is 0 Å². The molecule has 7 heteroatoms. The lowest BCUT2D eigenvalue weighted by atomic mass is 10.1. The number of hydrogen-bond acceptors (Lipinski definition) is 5. The second-order valence-corrected chi connectivity index (χ2v) is 8.04. The number of carbonyl (C=O) groups is 1. The van der Waals surface area contributed by atoms with Gasteiger partial charge in [-0.05, 0) is 58.1 Å². The van der Waals surface area contributed by atoms with Gasteiger partial charge in [-0.25, -0.2) is 0 Å². The monoisotopic (exact) mass is 463 g/mol. The van der Waals surface area contributed by atoms with E-state index in [0.717, 1.165) is 17.1 Å². The Labute approximate surface area is 177 Å². The van der Waals surface area contributed by atoms with Gasteiger partial charge in [-0.3, -0.25) is 4.79 Å². The predicted molar refractivity (Wildman–Crippen MR) is 113 cm³/mol. The number of nitrogens with zero attached hydrogens (tertiary/aromatic N) is 1. The first kappa shape index (κ1) is 20.5. The third-order valence-electron chi connectivity index (χ3n) is 4.07. The predicted octanol–water partition coefficient (Wildman–Crippen LogP) is 5.74. The minimum absolute atomic E-state index is 0.106.